The van der Waals surface area contributed by atoms with Crippen LogP contribution in [-0.2, 0) is 0 Å². The number of imidazole rings is 1. The number of nitro benzene ring substituents is 1. The summed E-state index contributed by atoms with van der Waals surface area (Å²) in [5.74, 6) is -0.931. The molecule has 0 aliphatic carbocycles. The fraction of sp³-hybridized carbons (Fsp3) is 0.0667. The average molecular weight is 362 g/mol. The third-order valence-electron chi connectivity index (χ3n) is 3.56. The number of aromatic nitrogens is 2. The van der Waals surface area contributed by atoms with Crippen LogP contribution in [0.15, 0.2) is 36.4 Å². The van der Waals surface area contributed by atoms with E-state index in [-0.39, 0.29) is 34.2 Å². The molecule has 0 fully saturated rings. The predicted octanol–water partition coefficient (Wildman–Crippen LogP) is 3.04. The zero-order valence-electron chi connectivity index (χ0n) is 12.7. The number of nitrogens with zero attached hydrogens (tertiary/aromatic N) is 2. The molecule has 4 rings (SSSR count). The minimum Gasteiger partial charge on any atom is -0.395 e. The molecular weight excluding hydrogens is 354 g/mol. The molecule has 1 aliphatic rings. The molecule has 132 valence electrons. The maximum atomic E-state index is 13.0. The van der Waals surface area contributed by atoms with Crippen LogP contribution in [0.3, 0.4) is 0 Å². The number of H-pyrrole nitrogens is 1. The summed E-state index contributed by atoms with van der Waals surface area (Å²) in [6.07, 6.45) is -3.74. The number of hydrogen-bond donors (Lipinski definition) is 2. The van der Waals surface area contributed by atoms with Crippen molar-refractivity contribution in [3.63, 3.8) is 0 Å². The van der Waals surface area contributed by atoms with E-state index in [9.17, 15) is 23.7 Å². The summed E-state index contributed by atoms with van der Waals surface area (Å²) in [5, 5.41) is 13.2. The number of carbonyl (C=O) groups excluding carboxylic acids is 1. The number of amides is 1. The van der Waals surface area contributed by atoms with Crippen molar-refractivity contribution in [1.82, 2.24) is 9.97 Å². The summed E-state index contributed by atoms with van der Waals surface area (Å²) in [6, 6.07) is 7.67. The van der Waals surface area contributed by atoms with Crippen molar-refractivity contribution >= 4 is 28.6 Å². The highest BCUT2D eigenvalue weighted by Crippen LogP contribution is 2.42. The van der Waals surface area contributed by atoms with Crippen molar-refractivity contribution in [2.24, 2.45) is 0 Å². The molecule has 26 heavy (non-hydrogen) atoms. The third kappa shape index (κ3) is 2.75. The number of carbonyl (C=O) groups is 1. The standard InChI is InChI=1S/C15H8F2N4O5/c16-15(17)25-11-5-9-10(6-12(11)26-15)19-14(18-9)20-13(22)7-2-1-3-8(4-7)21(23)24/h1-6H,(H2,18,19,20,22). The highest BCUT2D eigenvalue weighted by molar-refractivity contribution is 6.04. The minimum atomic E-state index is -3.74. The van der Waals surface area contributed by atoms with Gasteiger partial charge in [-0.2, -0.15) is 0 Å². The zero-order chi connectivity index (χ0) is 18.5. The lowest BCUT2D eigenvalue weighted by Crippen LogP contribution is -2.25. The van der Waals surface area contributed by atoms with Crippen LogP contribution in [0.2, 0.25) is 0 Å². The van der Waals surface area contributed by atoms with Crippen molar-refractivity contribution < 1.29 is 28.0 Å². The van der Waals surface area contributed by atoms with Crippen LogP contribution in [0.1, 0.15) is 10.4 Å². The zero-order valence-corrected chi connectivity index (χ0v) is 12.7. The van der Waals surface area contributed by atoms with E-state index >= 15 is 0 Å². The predicted molar refractivity (Wildman–Crippen MR) is 83.3 cm³/mol. The molecule has 2 heterocycles. The smallest absolute Gasteiger partial charge is 0.395 e. The molecule has 0 spiro atoms. The van der Waals surface area contributed by atoms with Gasteiger partial charge in [-0.3, -0.25) is 20.2 Å². The number of nitro groups is 1. The lowest BCUT2D eigenvalue weighted by Gasteiger charge is -2.04. The van der Waals surface area contributed by atoms with Crippen LogP contribution >= 0.6 is 0 Å². The molecule has 0 radical (unpaired) electrons. The van der Waals surface area contributed by atoms with E-state index in [0.717, 1.165) is 6.07 Å². The van der Waals surface area contributed by atoms with Crippen molar-refractivity contribution in [2.75, 3.05) is 5.32 Å². The summed E-state index contributed by atoms with van der Waals surface area (Å²) in [5.41, 5.74) is 0.432. The first kappa shape index (κ1) is 15.7. The molecule has 0 unspecified atom stereocenters. The third-order valence-corrected chi connectivity index (χ3v) is 3.56. The molecule has 11 heteroatoms. The quantitative estimate of drug-likeness (QED) is 0.546. The number of rotatable bonds is 3. The van der Waals surface area contributed by atoms with Gasteiger partial charge in [0, 0.05) is 29.8 Å². The SMILES string of the molecule is O=C(Nc1nc2cc3c(cc2[nH]1)OC(F)(F)O3)c1cccc([N+](=O)[O-])c1. The second-order valence-electron chi connectivity index (χ2n) is 5.33. The van der Waals surface area contributed by atoms with E-state index in [1.54, 1.807) is 0 Å². The van der Waals surface area contributed by atoms with Gasteiger partial charge in [0.15, 0.2) is 11.5 Å². The number of benzene rings is 2. The first-order valence-electron chi connectivity index (χ1n) is 7.16. The van der Waals surface area contributed by atoms with Crippen LogP contribution in [0.4, 0.5) is 20.4 Å². The van der Waals surface area contributed by atoms with Crippen molar-refractivity contribution in [1.29, 1.82) is 0 Å². The number of non-ortho nitro benzene ring substituents is 1. The average Bonchev–Trinajstić information content (AvgIpc) is 3.09. The van der Waals surface area contributed by atoms with Crippen molar-refractivity contribution in [2.45, 2.75) is 6.29 Å². The van der Waals surface area contributed by atoms with Gasteiger partial charge in [0.05, 0.1) is 16.0 Å². The fourth-order valence-electron chi connectivity index (χ4n) is 2.45. The van der Waals surface area contributed by atoms with Gasteiger partial charge in [0.2, 0.25) is 5.95 Å². The molecule has 0 saturated carbocycles. The number of nitrogens with one attached hydrogen (secondary N) is 2. The number of hydrogen-bond acceptors (Lipinski definition) is 6. The maximum Gasteiger partial charge on any atom is 0.586 e. The Kier molecular flexibility index (Phi) is 3.26. The Hall–Kier alpha value is -3.76. The van der Waals surface area contributed by atoms with E-state index in [4.69, 9.17) is 0 Å². The molecule has 0 bridgehead atoms. The van der Waals surface area contributed by atoms with Crippen LogP contribution in [0, 0.1) is 10.1 Å². The topological polar surface area (TPSA) is 119 Å². The van der Waals surface area contributed by atoms with Gasteiger partial charge in [-0.1, -0.05) is 6.07 Å². The number of anilines is 1. The second-order valence-corrected chi connectivity index (χ2v) is 5.33. The van der Waals surface area contributed by atoms with Gasteiger partial charge in [-0.05, 0) is 6.07 Å². The monoisotopic (exact) mass is 362 g/mol. The number of ether oxygens (including phenoxy) is 2. The molecule has 1 amide bonds. The first-order valence-corrected chi connectivity index (χ1v) is 7.16. The van der Waals surface area contributed by atoms with Crippen molar-refractivity contribution in [3.05, 3.63) is 52.1 Å². The normalized spacial score (nSPS) is 14.4. The Morgan fingerprint density at radius 2 is 1.96 bits per heavy atom. The van der Waals surface area contributed by atoms with E-state index in [1.807, 2.05) is 0 Å². The molecule has 2 N–H and O–H groups in total. The Morgan fingerprint density at radius 3 is 2.69 bits per heavy atom. The first-order chi connectivity index (χ1) is 12.3. The fourth-order valence-corrected chi connectivity index (χ4v) is 2.45. The molecular formula is C15H8F2N4O5. The highest BCUT2D eigenvalue weighted by atomic mass is 19.3. The van der Waals surface area contributed by atoms with Crippen LogP contribution in [0.25, 0.3) is 11.0 Å². The highest BCUT2D eigenvalue weighted by Gasteiger charge is 2.43. The van der Waals surface area contributed by atoms with Gasteiger partial charge < -0.3 is 14.5 Å². The van der Waals surface area contributed by atoms with E-state index < -0.39 is 17.1 Å². The summed E-state index contributed by atoms with van der Waals surface area (Å²) in [6.45, 7) is 0. The van der Waals surface area contributed by atoms with E-state index in [2.05, 4.69) is 24.8 Å². The van der Waals surface area contributed by atoms with E-state index in [1.165, 1.54) is 30.3 Å². The molecule has 9 nitrogen and oxygen atoms in total. The van der Waals surface area contributed by atoms with Crippen molar-refractivity contribution in [3.8, 4) is 11.5 Å². The number of fused-ring (bicyclic) bond motifs is 2. The van der Waals surface area contributed by atoms with Gasteiger partial charge in [-0.25, -0.2) is 4.98 Å². The lowest BCUT2D eigenvalue weighted by molar-refractivity contribution is -0.384. The Bertz CT molecular complexity index is 1020. The van der Waals surface area contributed by atoms with Crippen LogP contribution in [0.5, 0.6) is 11.5 Å². The minimum absolute atomic E-state index is 0.0342. The molecule has 3 aromatic rings. The lowest BCUT2D eigenvalue weighted by atomic mass is 10.2. The molecule has 2 aromatic carbocycles. The van der Waals surface area contributed by atoms with Crippen LogP contribution in [-0.4, -0.2) is 27.1 Å². The molecule has 1 aliphatic heterocycles. The molecule has 0 atom stereocenters. The van der Waals surface area contributed by atoms with E-state index in [0.29, 0.717) is 5.52 Å². The van der Waals surface area contributed by atoms with Crippen LogP contribution < -0.4 is 14.8 Å². The van der Waals surface area contributed by atoms with Gasteiger partial charge in [-0.15, -0.1) is 8.78 Å². The largest absolute Gasteiger partial charge is 0.586 e. The number of aromatic amines is 1. The Balaban J connectivity index is 1.59. The second kappa shape index (κ2) is 5.37. The summed E-state index contributed by atoms with van der Waals surface area (Å²) >= 11 is 0. The number of alkyl halides is 2. The van der Waals surface area contributed by atoms with Gasteiger partial charge in [0.1, 0.15) is 0 Å². The number of halogens is 2. The molecule has 0 saturated heterocycles. The summed E-state index contributed by atoms with van der Waals surface area (Å²) in [7, 11) is 0. The maximum absolute atomic E-state index is 13.0. The summed E-state index contributed by atoms with van der Waals surface area (Å²) in [4.78, 5) is 29.2. The van der Waals surface area contributed by atoms with Gasteiger partial charge in [0.25, 0.3) is 11.6 Å². The Labute approximate surface area is 142 Å². The Morgan fingerprint density at radius 1 is 1.23 bits per heavy atom. The van der Waals surface area contributed by atoms with Gasteiger partial charge >= 0.3 is 6.29 Å². The molecule has 1 aromatic heterocycles. The summed E-state index contributed by atoms with van der Waals surface area (Å²) < 4.78 is 34.8.